The van der Waals surface area contributed by atoms with Crippen molar-refractivity contribution in [2.75, 3.05) is 33.3 Å². The van der Waals surface area contributed by atoms with Gasteiger partial charge in [-0.1, -0.05) is 18.2 Å². The molecule has 6 heteroatoms. The molecule has 1 fully saturated rings. The maximum atomic E-state index is 11.6. The lowest BCUT2D eigenvalue weighted by Crippen LogP contribution is -2.47. The molecule has 4 rings (SSSR count). The summed E-state index contributed by atoms with van der Waals surface area (Å²) in [5.41, 5.74) is 5.34. The zero-order valence-corrected chi connectivity index (χ0v) is 16.7. The Kier molecular flexibility index (Phi) is 5.05. The molecular formula is C22H26N4O2. The van der Waals surface area contributed by atoms with Crippen LogP contribution in [0.1, 0.15) is 18.3 Å². The first kappa shape index (κ1) is 18.5. The molecule has 3 aromatic rings. The number of carbonyl (C=O) groups excluding carboxylic acids is 1. The lowest BCUT2D eigenvalue weighted by molar-refractivity contribution is -0.130. The molecule has 0 radical (unpaired) electrons. The van der Waals surface area contributed by atoms with Crippen LogP contribution in [0.4, 0.5) is 0 Å². The number of nitrogens with zero attached hydrogens (tertiary/aromatic N) is 4. The lowest BCUT2D eigenvalue weighted by Gasteiger charge is -2.34. The zero-order valence-electron chi connectivity index (χ0n) is 16.7. The molecule has 146 valence electrons. The Bertz CT molecular complexity index is 1000. The molecular weight excluding hydrogens is 352 g/mol. The van der Waals surface area contributed by atoms with Crippen LogP contribution >= 0.6 is 0 Å². The van der Waals surface area contributed by atoms with E-state index in [2.05, 4.69) is 28.4 Å². The number of amides is 1. The van der Waals surface area contributed by atoms with Crippen molar-refractivity contribution >= 4 is 11.6 Å². The van der Waals surface area contributed by atoms with Crippen LogP contribution in [-0.2, 0) is 11.3 Å². The second kappa shape index (κ2) is 7.64. The Morgan fingerprint density at radius 1 is 1.11 bits per heavy atom. The second-order valence-electron chi connectivity index (χ2n) is 7.28. The van der Waals surface area contributed by atoms with Gasteiger partial charge in [0.2, 0.25) is 5.91 Å². The number of hydrogen-bond donors (Lipinski definition) is 0. The molecule has 0 bridgehead atoms. The van der Waals surface area contributed by atoms with Gasteiger partial charge in [-0.15, -0.1) is 0 Å². The number of ether oxygens (including phenoxy) is 1. The summed E-state index contributed by atoms with van der Waals surface area (Å²) in [6.45, 7) is 7.85. The Morgan fingerprint density at radius 3 is 2.57 bits per heavy atom. The molecule has 0 saturated carbocycles. The number of imidazole rings is 1. The highest BCUT2D eigenvalue weighted by molar-refractivity contribution is 5.73. The smallest absolute Gasteiger partial charge is 0.219 e. The fourth-order valence-electron chi connectivity index (χ4n) is 3.91. The summed E-state index contributed by atoms with van der Waals surface area (Å²) in [5.74, 6) is 0.981. The number of methoxy groups -OCH3 is 1. The first-order valence-corrected chi connectivity index (χ1v) is 9.66. The van der Waals surface area contributed by atoms with Crippen LogP contribution in [0, 0.1) is 6.92 Å². The number of aromatic nitrogens is 2. The number of piperazine rings is 1. The van der Waals surface area contributed by atoms with Crippen molar-refractivity contribution in [3.63, 3.8) is 0 Å². The standard InChI is InChI=1S/C22H26N4O2/c1-16-6-4-9-21-23-22(18-7-5-8-19(14-18)28-3)20(26(16)21)15-24-10-12-25(13-11-24)17(2)27/h4-9,14H,10-13,15H2,1-3H3. The minimum Gasteiger partial charge on any atom is -0.497 e. The van der Waals surface area contributed by atoms with Gasteiger partial charge in [-0.2, -0.15) is 0 Å². The average molecular weight is 378 g/mol. The molecule has 2 aromatic heterocycles. The maximum Gasteiger partial charge on any atom is 0.219 e. The molecule has 0 atom stereocenters. The van der Waals surface area contributed by atoms with Gasteiger partial charge in [0.1, 0.15) is 11.4 Å². The van der Waals surface area contributed by atoms with Crippen molar-refractivity contribution in [3.05, 3.63) is 53.9 Å². The van der Waals surface area contributed by atoms with Crippen molar-refractivity contribution < 1.29 is 9.53 Å². The van der Waals surface area contributed by atoms with Gasteiger partial charge in [-0.05, 0) is 31.2 Å². The van der Waals surface area contributed by atoms with E-state index < -0.39 is 0 Å². The normalized spacial score (nSPS) is 15.2. The molecule has 0 N–H and O–H groups in total. The predicted molar refractivity (Wildman–Crippen MR) is 109 cm³/mol. The van der Waals surface area contributed by atoms with Crippen molar-refractivity contribution in [2.45, 2.75) is 20.4 Å². The Labute approximate surface area is 165 Å². The number of rotatable bonds is 4. The minimum atomic E-state index is 0.155. The fourth-order valence-corrected chi connectivity index (χ4v) is 3.91. The van der Waals surface area contributed by atoms with E-state index in [1.807, 2.05) is 35.2 Å². The third-order valence-corrected chi connectivity index (χ3v) is 5.47. The van der Waals surface area contributed by atoms with Gasteiger partial charge in [-0.3, -0.25) is 14.1 Å². The Morgan fingerprint density at radius 2 is 1.86 bits per heavy atom. The van der Waals surface area contributed by atoms with E-state index in [9.17, 15) is 4.79 Å². The van der Waals surface area contributed by atoms with Crippen LogP contribution in [0.15, 0.2) is 42.5 Å². The number of hydrogen-bond acceptors (Lipinski definition) is 4. The number of benzene rings is 1. The summed E-state index contributed by atoms with van der Waals surface area (Å²) < 4.78 is 7.66. The topological polar surface area (TPSA) is 50.1 Å². The molecule has 1 amide bonds. The molecule has 0 aliphatic carbocycles. The molecule has 0 spiro atoms. The van der Waals surface area contributed by atoms with Crippen molar-refractivity contribution in [1.82, 2.24) is 19.2 Å². The van der Waals surface area contributed by atoms with E-state index in [-0.39, 0.29) is 5.91 Å². The SMILES string of the molecule is COc1cccc(-c2nc3cccc(C)n3c2CN2CCN(C(C)=O)CC2)c1. The first-order valence-electron chi connectivity index (χ1n) is 9.66. The molecule has 1 aliphatic heterocycles. The summed E-state index contributed by atoms with van der Waals surface area (Å²) >= 11 is 0. The Balaban J connectivity index is 1.72. The van der Waals surface area contributed by atoms with Gasteiger partial charge in [0.25, 0.3) is 0 Å². The van der Waals surface area contributed by atoms with E-state index in [4.69, 9.17) is 9.72 Å². The highest BCUT2D eigenvalue weighted by Gasteiger charge is 2.22. The van der Waals surface area contributed by atoms with Crippen LogP contribution in [0.2, 0.25) is 0 Å². The van der Waals surface area contributed by atoms with Crippen molar-refractivity contribution in [3.8, 4) is 17.0 Å². The second-order valence-corrected chi connectivity index (χ2v) is 7.28. The molecule has 3 heterocycles. The van der Waals surface area contributed by atoms with Crippen LogP contribution in [0.3, 0.4) is 0 Å². The summed E-state index contributed by atoms with van der Waals surface area (Å²) in [6.07, 6.45) is 0. The van der Waals surface area contributed by atoms with Gasteiger partial charge in [0, 0.05) is 50.9 Å². The summed E-state index contributed by atoms with van der Waals surface area (Å²) in [7, 11) is 1.68. The third-order valence-electron chi connectivity index (χ3n) is 5.47. The molecule has 1 aromatic carbocycles. The number of fused-ring (bicyclic) bond motifs is 1. The van der Waals surface area contributed by atoms with Crippen LogP contribution in [0.5, 0.6) is 5.75 Å². The lowest BCUT2D eigenvalue weighted by atomic mass is 10.1. The van der Waals surface area contributed by atoms with Gasteiger partial charge in [0.05, 0.1) is 18.5 Å². The summed E-state index contributed by atoms with van der Waals surface area (Å²) in [6, 6.07) is 14.3. The van der Waals surface area contributed by atoms with Crippen LogP contribution in [-0.4, -0.2) is 58.4 Å². The number of carbonyl (C=O) groups is 1. The maximum absolute atomic E-state index is 11.6. The third kappa shape index (κ3) is 3.47. The van der Waals surface area contributed by atoms with Crippen molar-refractivity contribution in [1.29, 1.82) is 0 Å². The highest BCUT2D eigenvalue weighted by Crippen LogP contribution is 2.29. The van der Waals surface area contributed by atoms with Gasteiger partial charge < -0.3 is 9.64 Å². The van der Waals surface area contributed by atoms with Crippen LogP contribution < -0.4 is 4.74 Å². The highest BCUT2D eigenvalue weighted by atomic mass is 16.5. The quantitative estimate of drug-likeness (QED) is 0.700. The number of pyridine rings is 1. The van der Waals surface area contributed by atoms with E-state index in [0.29, 0.717) is 0 Å². The fraction of sp³-hybridized carbons (Fsp3) is 0.364. The first-order chi connectivity index (χ1) is 13.6. The van der Waals surface area contributed by atoms with E-state index in [1.165, 1.54) is 5.69 Å². The molecule has 28 heavy (non-hydrogen) atoms. The average Bonchev–Trinajstić information content (AvgIpc) is 3.08. The molecule has 6 nitrogen and oxygen atoms in total. The van der Waals surface area contributed by atoms with E-state index >= 15 is 0 Å². The van der Waals surface area contributed by atoms with E-state index in [1.54, 1.807) is 14.0 Å². The van der Waals surface area contributed by atoms with Gasteiger partial charge in [0.15, 0.2) is 0 Å². The molecule has 0 unspecified atom stereocenters. The number of aryl methyl sites for hydroxylation is 1. The van der Waals surface area contributed by atoms with Gasteiger partial charge >= 0.3 is 0 Å². The molecule has 1 aliphatic rings. The summed E-state index contributed by atoms with van der Waals surface area (Å²) in [5, 5.41) is 0. The molecule has 1 saturated heterocycles. The van der Waals surface area contributed by atoms with Gasteiger partial charge in [-0.25, -0.2) is 4.98 Å². The van der Waals surface area contributed by atoms with E-state index in [0.717, 1.165) is 61.1 Å². The Hall–Kier alpha value is -2.86. The van der Waals surface area contributed by atoms with Crippen molar-refractivity contribution in [2.24, 2.45) is 0 Å². The zero-order chi connectivity index (χ0) is 19.7. The minimum absolute atomic E-state index is 0.155. The monoisotopic (exact) mass is 378 g/mol. The predicted octanol–water partition coefficient (Wildman–Crippen LogP) is 2.98. The van der Waals surface area contributed by atoms with Crippen LogP contribution in [0.25, 0.3) is 16.9 Å². The summed E-state index contributed by atoms with van der Waals surface area (Å²) in [4.78, 5) is 20.9. The largest absolute Gasteiger partial charge is 0.497 e.